The van der Waals surface area contributed by atoms with Gasteiger partial charge in [0.15, 0.2) is 0 Å². The number of imidazole rings is 1. The van der Waals surface area contributed by atoms with Crippen molar-refractivity contribution >= 4 is 0 Å². The van der Waals surface area contributed by atoms with E-state index in [1.165, 1.54) is 12.8 Å². The minimum absolute atomic E-state index is 0.239. The third-order valence-electron chi connectivity index (χ3n) is 4.50. The van der Waals surface area contributed by atoms with Crippen molar-refractivity contribution < 1.29 is 5.11 Å². The summed E-state index contributed by atoms with van der Waals surface area (Å²) in [7, 11) is 0. The van der Waals surface area contributed by atoms with Gasteiger partial charge >= 0.3 is 0 Å². The van der Waals surface area contributed by atoms with Crippen LogP contribution in [0.15, 0.2) is 12.4 Å². The van der Waals surface area contributed by atoms with Gasteiger partial charge in [-0.25, -0.2) is 4.98 Å². The smallest absolute Gasteiger partial charge is 0.108 e. The maximum Gasteiger partial charge on any atom is 0.108 e. The standard InChI is InChI=1S/C15H26N2O/c1-15(2,3)12-6-4-11(5-7-12)13(18)10-14-16-8-9-17-14/h8-9,11-13,18H,4-7,10H2,1-3H3,(H,16,17). The first-order valence-corrected chi connectivity index (χ1v) is 7.13. The van der Waals surface area contributed by atoms with Crippen LogP contribution in [0.4, 0.5) is 0 Å². The second-order valence-electron chi connectivity index (χ2n) is 6.79. The van der Waals surface area contributed by atoms with Crippen molar-refractivity contribution in [2.75, 3.05) is 0 Å². The highest BCUT2D eigenvalue weighted by Crippen LogP contribution is 2.40. The third-order valence-corrected chi connectivity index (χ3v) is 4.50. The van der Waals surface area contributed by atoms with Crippen LogP contribution in [-0.2, 0) is 6.42 Å². The summed E-state index contributed by atoms with van der Waals surface area (Å²) >= 11 is 0. The molecule has 2 N–H and O–H groups in total. The number of aromatic nitrogens is 2. The highest BCUT2D eigenvalue weighted by Gasteiger charge is 2.32. The zero-order valence-corrected chi connectivity index (χ0v) is 11.8. The molecule has 1 aromatic heterocycles. The van der Waals surface area contributed by atoms with Crippen LogP contribution in [0.3, 0.4) is 0 Å². The molecule has 102 valence electrons. The molecule has 0 radical (unpaired) electrons. The van der Waals surface area contributed by atoms with Crippen LogP contribution in [0, 0.1) is 17.3 Å². The fourth-order valence-electron chi connectivity index (χ4n) is 3.14. The van der Waals surface area contributed by atoms with Crippen molar-refractivity contribution in [1.82, 2.24) is 9.97 Å². The first-order valence-electron chi connectivity index (χ1n) is 7.13. The van der Waals surface area contributed by atoms with E-state index in [0.29, 0.717) is 17.8 Å². The van der Waals surface area contributed by atoms with Gasteiger partial charge in [0.2, 0.25) is 0 Å². The third kappa shape index (κ3) is 3.35. The first kappa shape index (κ1) is 13.6. The predicted molar refractivity (Wildman–Crippen MR) is 73.2 cm³/mol. The van der Waals surface area contributed by atoms with Gasteiger partial charge in [-0.2, -0.15) is 0 Å². The minimum atomic E-state index is -0.239. The number of aliphatic hydroxyl groups excluding tert-OH is 1. The lowest BCUT2D eigenvalue weighted by atomic mass is 9.68. The van der Waals surface area contributed by atoms with Gasteiger partial charge in [0.25, 0.3) is 0 Å². The van der Waals surface area contributed by atoms with Gasteiger partial charge in [-0.3, -0.25) is 0 Å². The first-order chi connectivity index (χ1) is 8.47. The molecule has 1 aliphatic carbocycles. The number of hydrogen-bond acceptors (Lipinski definition) is 2. The summed E-state index contributed by atoms with van der Waals surface area (Å²) in [5.74, 6) is 2.17. The van der Waals surface area contributed by atoms with Crippen LogP contribution in [-0.4, -0.2) is 21.2 Å². The molecule has 0 amide bonds. The van der Waals surface area contributed by atoms with Crippen molar-refractivity contribution in [2.24, 2.45) is 17.3 Å². The number of nitrogens with zero attached hydrogens (tertiary/aromatic N) is 1. The summed E-state index contributed by atoms with van der Waals surface area (Å²) in [4.78, 5) is 7.26. The molecule has 1 aliphatic rings. The molecule has 2 rings (SSSR count). The number of H-pyrrole nitrogens is 1. The minimum Gasteiger partial charge on any atom is -0.392 e. The van der Waals surface area contributed by atoms with Crippen LogP contribution in [0.25, 0.3) is 0 Å². The molecule has 1 saturated carbocycles. The van der Waals surface area contributed by atoms with Crippen molar-refractivity contribution in [3.8, 4) is 0 Å². The molecule has 0 spiro atoms. The molecule has 18 heavy (non-hydrogen) atoms. The largest absolute Gasteiger partial charge is 0.392 e. The number of aliphatic hydroxyl groups is 1. The number of hydrogen-bond donors (Lipinski definition) is 2. The molecule has 3 nitrogen and oxygen atoms in total. The number of nitrogens with one attached hydrogen (secondary N) is 1. The Hall–Kier alpha value is -0.830. The molecule has 1 aromatic rings. The summed E-state index contributed by atoms with van der Waals surface area (Å²) in [5, 5.41) is 10.3. The molecule has 0 saturated heterocycles. The van der Waals surface area contributed by atoms with E-state index in [2.05, 4.69) is 30.7 Å². The Balaban J connectivity index is 1.82. The quantitative estimate of drug-likeness (QED) is 0.865. The van der Waals surface area contributed by atoms with Crippen LogP contribution < -0.4 is 0 Å². The van der Waals surface area contributed by atoms with Crippen molar-refractivity contribution in [3.05, 3.63) is 18.2 Å². The van der Waals surface area contributed by atoms with E-state index in [0.717, 1.165) is 24.6 Å². The predicted octanol–water partition coefficient (Wildman–Crippen LogP) is 3.17. The van der Waals surface area contributed by atoms with Crippen LogP contribution in [0.5, 0.6) is 0 Å². The fourth-order valence-corrected chi connectivity index (χ4v) is 3.14. The second-order valence-corrected chi connectivity index (χ2v) is 6.79. The summed E-state index contributed by atoms with van der Waals surface area (Å²) in [5.41, 5.74) is 0.414. The Morgan fingerprint density at radius 3 is 2.50 bits per heavy atom. The summed E-state index contributed by atoms with van der Waals surface area (Å²) in [6.07, 6.45) is 8.81. The van der Waals surface area contributed by atoms with Gasteiger partial charge < -0.3 is 10.1 Å². The zero-order valence-electron chi connectivity index (χ0n) is 11.8. The van der Waals surface area contributed by atoms with Gasteiger partial charge in [0.1, 0.15) is 5.82 Å². The Bertz CT molecular complexity index is 345. The highest BCUT2D eigenvalue weighted by atomic mass is 16.3. The van der Waals surface area contributed by atoms with Gasteiger partial charge in [-0.1, -0.05) is 20.8 Å². The Labute approximate surface area is 110 Å². The van der Waals surface area contributed by atoms with E-state index < -0.39 is 0 Å². The topological polar surface area (TPSA) is 48.9 Å². The Morgan fingerprint density at radius 2 is 2.00 bits per heavy atom. The van der Waals surface area contributed by atoms with E-state index in [4.69, 9.17) is 0 Å². The molecular formula is C15H26N2O. The molecule has 1 fully saturated rings. The maximum atomic E-state index is 10.3. The maximum absolute atomic E-state index is 10.3. The van der Waals surface area contributed by atoms with Crippen LogP contribution in [0.1, 0.15) is 52.3 Å². The number of aromatic amines is 1. The molecule has 3 heteroatoms. The average molecular weight is 250 g/mol. The molecular weight excluding hydrogens is 224 g/mol. The zero-order chi connectivity index (χ0) is 13.2. The Kier molecular flexibility index (Phi) is 4.10. The summed E-state index contributed by atoms with van der Waals surface area (Å²) in [6, 6.07) is 0. The van der Waals surface area contributed by atoms with E-state index in [-0.39, 0.29) is 6.10 Å². The van der Waals surface area contributed by atoms with Crippen LogP contribution >= 0.6 is 0 Å². The molecule has 0 aliphatic heterocycles. The number of rotatable bonds is 3. The monoisotopic (exact) mass is 250 g/mol. The van der Waals surface area contributed by atoms with E-state index in [1.807, 2.05) is 6.20 Å². The SMILES string of the molecule is CC(C)(C)C1CCC(C(O)Cc2ncc[nH]2)CC1. The lowest BCUT2D eigenvalue weighted by molar-refractivity contribution is 0.0526. The summed E-state index contributed by atoms with van der Waals surface area (Å²) in [6.45, 7) is 6.99. The van der Waals surface area contributed by atoms with Crippen molar-refractivity contribution in [2.45, 2.75) is 59.0 Å². The van der Waals surface area contributed by atoms with E-state index in [1.54, 1.807) is 6.20 Å². The van der Waals surface area contributed by atoms with Crippen molar-refractivity contribution in [3.63, 3.8) is 0 Å². The van der Waals surface area contributed by atoms with Gasteiger partial charge in [-0.05, 0) is 42.9 Å². The summed E-state index contributed by atoms with van der Waals surface area (Å²) < 4.78 is 0. The molecule has 0 bridgehead atoms. The van der Waals surface area contributed by atoms with Gasteiger partial charge in [0, 0.05) is 18.8 Å². The fraction of sp³-hybridized carbons (Fsp3) is 0.800. The average Bonchev–Trinajstić information content (AvgIpc) is 2.81. The normalized spacial score (nSPS) is 27.1. The molecule has 1 atom stereocenters. The van der Waals surface area contributed by atoms with E-state index >= 15 is 0 Å². The van der Waals surface area contributed by atoms with E-state index in [9.17, 15) is 5.11 Å². The second kappa shape index (κ2) is 5.43. The lowest BCUT2D eigenvalue weighted by Crippen LogP contribution is -2.31. The van der Waals surface area contributed by atoms with Crippen LogP contribution in [0.2, 0.25) is 0 Å². The molecule has 1 heterocycles. The lowest BCUT2D eigenvalue weighted by Gasteiger charge is -2.38. The molecule has 1 unspecified atom stereocenters. The van der Waals surface area contributed by atoms with Crippen molar-refractivity contribution in [1.29, 1.82) is 0 Å². The highest BCUT2D eigenvalue weighted by molar-refractivity contribution is 4.92. The van der Waals surface area contributed by atoms with Gasteiger partial charge in [-0.15, -0.1) is 0 Å². The Morgan fingerprint density at radius 1 is 1.33 bits per heavy atom. The molecule has 0 aromatic carbocycles. The van der Waals surface area contributed by atoms with Gasteiger partial charge in [0.05, 0.1) is 6.10 Å².